The summed E-state index contributed by atoms with van der Waals surface area (Å²) >= 11 is 0. The number of hydrogen-bond acceptors (Lipinski definition) is 3. The highest BCUT2D eigenvalue weighted by molar-refractivity contribution is 5.57. The molecule has 0 saturated heterocycles. The van der Waals surface area contributed by atoms with E-state index in [0.717, 1.165) is 30.0 Å². The van der Waals surface area contributed by atoms with Crippen LogP contribution in [0.3, 0.4) is 0 Å². The molecule has 0 saturated carbocycles. The number of nitrogens with one attached hydrogen (secondary N) is 1. The number of anilines is 1. The van der Waals surface area contributed by atoms with Crippen LogP contribution in [0.4, 0.5) is 5.69 Å². The van der Waals surface area contributed by atoms with E-state index in [-0.39, 0.29) is 0 Å². The van der Waals surface area contributed by atoms with Crippen molar-refractivity contribution in [3.05, 3.63) is 59.7 Å². The summed E-state index contributed by atoms with van der Waals surface area (Å²) in [5.41, 5.74) is 2.68. The highest BCUT2D eigenvalue weighted by Crippen LogP contribution is 2.16. The molecular formula is C17H18N2O. The lowest BCUT2D eigenvalue weighted by Gasteiger charge is -2.09. The average molecular weight is 266 g/mol. The van der Waals surface area contributed by atoms with Gasteiger partial charge in [0.25, 0.3) is 0 Å². The number of para-hydroxylation sites is 1. The van der Waals surface area contributed by atoms with Crippen molar-refractivity contribution in [2.75, 3.05) is 11.9 Å². The van der Waals surface area contributed by atoms with E-state index in [0.29, 0.717) is 12.1 Å². The molecule has 0 amide bonds. The van der Waals surface area contributed by atoms with Crippen LogP contribution in [0.5, 0.6) is 5.75 Å². The molecule has 0 aliphatic heterocycles. The topological polar surface area (TPSA) is 45.0 Å². The van der Waals surface area contributed by atoms with E-state index in [9.17, 15) is 0 Å². The molecule has 1 N–H and O–H groups in total. The van der Waals surface area contributed by atoms with Gasteiger partial charge >= 0.3 is 0 Å². The molecule has 0 atom stereocenters. The van der Waals surface area contributed by atoms with Gasteiger partial charge in [-0.3, -0.25) is 0 Å². The second kappa shape index (κ2) is 7.20. The average Bonchev–Trinajstić information content (AvgIpc) is 2.52. The lowest BCUT2D eigenvalue weighted by Crippen LogP contribution is -2.01. The van der Waals surface area contributed by atoms with E-state index >= 15 is 0 Å². The van der Waals surface area contributed by atoms with Crippen LogP contribution in [0.1, 0.15) is 24.5 Å². The number of hydrogen-bond donors (Lipinski definition) is 1. The lowest BCUT2D eigenvalue weighted by molar-refractivity contribution is 0.317. The Morgan fingerprint density at radius 1 is 1.10 bits per heavy atom. The number of rotatable bonds is 6. The molecule has 0 radical (unpaired) electrons. The fourth-order valence-corrected chi connectivity index (χ4v) is 1.86. The summed E-state index contributed by atoms with van der Waals surface area (Å²) in [6.07, 6.45) is 1.01. The molecule has 3 nitrogen and oxygen atoms in total. The van der Waals surface area contributed by atoms with Crippen molar-refractivity contribution in [3.63, 3.8) is 0 Å². The Balaban J connectivity index is 1.95. The molecule has 3 heteroatoms. The third kappa shape index (κ3) is 3.76. The van der Waals surface area contributed by atoms with Crippen molar-refractivity contribution in [2.24, 2.45) is 0 Å². The molecule has 0 spiro atoms. The van der Waals surface area contributed by atoms with Crippen LogP contribution in [0.25, 0.3) is 0 Å². The third-order valence-corrected chi connectivity index (χ3v) is 2.93. The highest BCUT2D eigenvalue weighted by Gasteiger charge is 2.00. The van der Waals surface area contributed by atoms with Gasteiger partial charge in [0.1, 0.15) is 11.8 Å². The minimum Gasteiger partial charge on any atom is -0.494 e. The first-order valence-corrected chi connectivity index (χ1v) is 6.78. The quantitative estimate of drug-likeness (QED) is 0.860. The summed E-state index contributed by atoms with van der Waals surface area (Å²) < 4.78 is 5.55. The normalized spacial score (nSPS) is 9.80. The summed E-state index contributed by atoms with van der Waals surface area (Å²) in [6, 6.07) is 17.7. The molecule has 0 aromatic heterocycles. The largest absolute Gasteiger partial charge is 0.494 e. The minimum absolute atomic E-state index is 0.662. The van der Waals surface area contributed by atoms with Crippen LogP contribution in [0.2, 0.25) is 0 Å². The zero-order chi connectivity index (χ0) is 14.2. The first-order valence-electron chi connectivity index (χ1n) is 6.78. The van der Waals surface area contributed by atoms with Gasteiger partial charge in [0.05, 0.1) is 17.9 Å². The van der Waals surface area contributed by atoms with Crippen molar-refractivity contribution in [2.45, 2.75) is 19.9 Å². The molecule has 0 aliphatic rings. The number of nitriles is 1. The van der Waals surface area contributed by atoms with Gasteiger partial charge in [-0.2, -0.15) is 5.26 Å². The van der Waals surface area contributed by atoms with E-state index in [1.807, 2.05) is 48.5 Å². The van der Waals surface area contributed by atoms with E-state index in [1.54, 1.807) is 0 Å². The fourth-order valence-electron chi connectivity index (χ4n) is 1.86. The van der Waals surface area contributed by atoms with Gasteiger partial charge in [-0.15, -0.1) is 0 Å². The van der Waals surface area contributed by atoms with Crippen molar-refractivity contribution in [1.29, 1.82) is 5.26 Å². The van der Waals surface area contributed by atoms with E-state index in [4.69, 9.17) is 10.00 Å². The Kier molecular flexibility index (Phi) is 5.02. The van der Waals surface area contributed by atoms with E-state index < -0.39 is 0 Å². The van der Waals surface area contributed by atoms with Crippen LogP contribution in [-0.2, 0) is 6.54 Å². The van der Waals surface area contributed by atoms with Gasteiger partial charge in [-0.25, -0.2) is 0 Å². The molecule has 0 unspecified atom stereocenters. The van der Waals surface area contributed by atoms with E-state index in [2.05, 4.69) is 18.3 Å². The molecule has 0 aliphatic carbocycles. The van der Waals surface area contributed by atoms with Crippen molar-refractivity contribution in [3.8, 4) is 11.8 Å². The summed E-state index contributed by atoms with van der Waals surface area (Å²) in [5.74, 6) is 0.896. The Hall–Kier alpha value is -2.47. The predicted molar refractivity (Wildman–Crippen MR) is 80.7 cm³/mol. The second-order valence-electron chi connectivity index (χ2n) is 4.50. The summed E-state index contributed by atoms with van der Waals surface area (Å²) in [6.45, 7) is 3.52. The predicted octanol–water partition coefficient (Wildman–Crippen LogP) is 3.96. The van der Waals surface area contributed by atoms with Crippen molar-refractivity contribution >= 4 is 5.69 Å². The first-order chi connectivity index (χ1) is 9.83. The number of benzene rings is 2. The standard InChI is InChI=1S/C17H18N2O/c1-2-11-20-16-9-7-14(8-10-16)13-19-17-6-4-3-5-15(17)12-18/h3-10,19H,2,11,13H2,1H3. The zero-order valence-corrected chi connectivity index (χ0v) is 11.6. The van der Waals surface area contributed by atoms with Crippen LogP contribution in [0, 0.1) is 11.3 Å². The van der Waals surface area contributed by atoms with Crippen LogP contribution in [0.15, 0.2) is 48.5 Å². The molecule has 0 bridgehead atoms. The zero-order valence-electron chi connectivity index (χ0n) is 11.6. The van der Waals surface area contributed by atoms with Crippen molar-refractivity contribution < 1.29 is 4.74 Å². The van der Waals surface area contributed by atoms with Gasteiger partial charge in [0.15, 0.2) is 0 Å². The summed E-state index contributed by atoms with van der Waals surface area (Å²) in [7, 11) is 0. The summed E-state index contributed by atoms with van der Waals surface area (Å²) in [4.78, 5) is 0. The second-order valence-corrected chi connectivity index (χ2v) is 4.50. The van der Waals surface area contributed by atoms with Gasteiger partial charge in [0, 0.05) is 6.54 Å². The molecular weight excluding hydrogens is 248 g/mol. The molecule has 2 aromatic rings. The van der Waals surface area contributed by atoms with E-state index in [1.165, 1.54) is 0 Å². The fraction of sp³-hybridized carbons (Fsp3) is 0.235. The lowest BCUT2D eigenvalue weighted by atomic mass is 10.1. The van der Waals surface area contributed by atoms with Crippen LogP contribution >= 0.6 is 0 Å². The number of ether oxygens (including phenoxy) is 1. The maximum Gasteiger partial charge on any atom is 0.119 e. The summed E-state index contributed by atoms with van der Waals surface area (Å²) in [5, 5.41) is 12.3. The molecule has 2 rings (SSSR count). The van der Waals surface area contributed by atoms with Gasteiger partial charge in [0.2, 0.25) is 0 Å². The monoisotopic (exact) mass is 266 g/mol. The molecule has 0 fully saturated rings. The molecule has 2 aromatic carbocycles. The van der Waals surface area contributed by atoms with Crippen LogP contribution < -0.4 is 10.1 Å². The Bertz CT molecular complexity index is 585. The smallest absolute Gasteiger partial charge is 0.119 e. The van der Waals surface area contributed by atoms with Crippen LogP contribution in [-0.4, -0.2) is 6.61 Å². The molecule has 20 heavy (non-hydrogen) atoms. The SMILES string of the molecule is CCCOc1ccc(CNc2ccccc2C#N)cc1. The van der Waals surface area contributed by atoms with Gasteiger partial charge in [-0.05, 0) is 36.2 Å². The van der Waals surface area contributed by atoms with Crippen molar-refractivity contribution in [1.82, 2.24) is 0 Å². The molecule has 0 heterocycles. The highest BCUT2D eigenvalue weighted by atomic mass is 16.5. The Morgan fingerprint density at radius 3 is 2.55 bits per heavy atom. The van der Waals surface area contributed by atoms with Gasteiger partial charge < -0.3 is 10.1 Å². The first kappa shape index (κ1) is 14.0. The maximum atomic E-state index is 9.03. The Morgan fingerprint density at radius 2 is 1.85 bits per heavy atom. The minimum atomic E-state index is 0.662. The third-order valence-electron chi connectivity index (χ3n) is 2.93. The number of nitrogens with zero attached hydrogens (tertiary/aromatic N) is 1. The Labute approximate surface area is 119 Å². The maximum absolute atomic E-state index is 9.03. The van der Waals surface area contributed by atoms with Gasteiger partial charge in [-0.1, -0.05) is 31.2 Å². The molecule has 102 valence electrons.